The van der Waals surface area contributed by atoms with E-state index in [1.165, 1.54) is 0 Å². The molecule has 2 rings (SSSR count). The van der Waals surface area contributed by atoms with Gasteiger partial charge in [-0.1, -0.05) is 33.6 Å². The molecule has 1 aromatic carbocycles. The predicted molar refractivity (Wildman–Crippen MR) is 74.4 cm³/mol. The largest absolute Gasteiger partial charge is 0.339 e. The molecule has 2 aromatic rings. The number of rotatable bonds is 2. The minimum Gasteiger partial charge on any atom is -0.339 e. The van der Waals surface area contributed by atoms with Crippen molar-refractivity contribution in [2.75, 3.05) is 5.32 Å². The maximum absolute atomic E-state index is 6.06. The lowest BCUT2D eigenvalue weighted by atomic mass is 10.3. The van der Waals surface area contributed by atoms with Crippen molar-refractivity contribution in [3.05, 3.63) is 50.5 Å². The quantitative estimate of drug-likeness (QED) is 0.760. The molecule has 0 saturated heterocycles. The first kappa shape index (κ1) is 11.9. The Kier molecular flexibility index (Phi) is 3.84. The van der Waals surface area contributed by atoms with E-state index in [2.05, 4.69) is 42.2 Å². The average molecular weight is 362 g/mol. The highest BCUT2D eigenvalue weighted by atomic mass is 79.9. The Hall–Kier alpha value is -0.580. The van der Waals surface area contributed by atoms with Crippen LogP contribution >= 0.6 is 43.5 Å². The smallest absolute Gasteiger partial charge is 0.131 e. The van der Waals surface area contributed by atoms with Crippen molar-refractivity contribution in [1.82, 2.24) is 4.98 Å². The fraction of sp³-hybridized carbons (Fsp3) is 0. The van der Waals surface area contributed by atoms with Crippen molar-refractivity contribution < 1.29 is 0 Å². The van der Waals surface area contributed by atoms with E-state index in [4.69, 9.17) is 11.6 Å². The zero-order chi connectivity index (χ0) is 11.5. The number of halogens is 3. The molecule has 0 bridgehead atoms. The number of pyridine rings is 1. The van der Waals surface area contributed by atoms with Crippen molar-refractivity contribution in [2.45, 2.75) is 0 Å². The maximum Gasteiger partial charge on any atom is 0.131 e. The second-order valence-electron chi connectivity index (χ2n) is 3.09. The molecule has 1 aromatic heterocycles. The molecule has 0 aliphatic rings. The van der Waals surface area contributed by atoms with Crippen molar-refractivity contribution in [3.63, 3.8) is 0 Å². The molecule has 0 aliphatic carbocycles. The fourth-order valence-corrected chi connectivity index (χ4v) is 2.08. The van der Waals surface area contributed by atoms with Gasteiger partial charge in [0, 0.05) is 4.47 Å². The van der Waals surface area contributed by atoms with E-state index in [0.29, 0.717) is 5.02 Å². The van der Waals surface area contributed by atoms with Crippen LogP contribution in [0, 0.1) is 0 Å². The summed E-state index contributed by atoms with van der Waals surface area (Å²) >= 11 is 12.8. The van der Waals surface area contributed by atoms with E-state index in [0.717, 1.165) is 20.6 Å². The summed E-state index contributed by atoms with van der Waals surface area (Å²) in [6, 6.07) is 11.3. The minimum atomic E-state index is 0.657. The van der Waals surface area contributed by atoms with Crippen molar-refractivity contribution in [1.29, 1.82) is 0 Å². The van der Waals surface area contributed by atoms with Gasteiger partial charge in [0.05, 0.1) is 10.7 Å². The summed E-state index contributed by atoms with van der Waals surface area (Å²) < 4.78 is 1.75. The number of benzene rings is 1. The lowest BCUT2D eigenvalue weighted by Crippen LogP contribution is -1.94. The fourth-order valence-electron chi connectivity index (χ4n) is 1.21. The molecule has 0 fully saturated rings. The Morgan fingerprint density at radius 3 is 2.69 bits per heavy atom. The van der Waals surface area contributed by atoms with E-state index in [1.807, 2.05) is 36.4 Å². The summed E-state index contributed by atoms with van der Waals surface area (Å²) in [5.74, 6) is 0.745. The number of hydrogen-bond donors (Lipinski definition) is 1. The van der Waals surface area contributed by atoms with E-state index < -0.39 is 0 Å². The van der Waals surface area contributed by atoms with Gasteiger partial charge in [-0.3, -0.25) is 0 Å². The van der Waals surface area contributed by atoms with E-state index >= 15 is 0 Å². The molecule has 2 nitrogen and oxygen atoms in total. The first-order valence-corrected chi connectivity index (χ1v) is 6.46. The third-order valence-electron chi connectivity index (χ3n) is 1.91. The van der Waals surface area contributed by atoms with Crippen LogP contribution in [0.2, 0.25) is 5.02 Å². The Labute approximate surface area is 115 Å². The lowest BCUT2D eigenvalue weighted by molar-refractivity contribution is 1.26. The van der Waals surface area contributed by atoms with Crippen LogP contribution in [0.3, 0.4) is 0 Å². The number of nitrogens with one attached hydrogen (secondary N) is 1. The highest BCUT2D eigenvalue weighted by Crippen LogP contribution is 2.28. The van der Waals surface area contributed by atoms with Gasteiger partial charge in [-0.25, -0.2) is 4.98 Å². The van der Waals surface area contributed by atoms with E-state index in [9.17, 15) is 0 Å². The Balaban J connectivity index is 2.30. The van der Waals surface area contributed by atoms with Gasteiger partial charge >= 0.3 is 0 Å². The summed E-state index contributed by atoms with van der Waals surface area (Å²) in [5, 5.41) is 3.81. The first-order valence-electron chi connectivity index (χ1n) is 4.50. The second kappa shape index (κ2) is 5.17. The summed E-state index contributed by atoms with van der Waals surface area (Å²) in [7, 11) is 0. The number of aromatic nitrogens is 1. The summed E-state index contributed by atoms with van der Waals surface area (Å²) in [4.78, 5) is 4.27. The molecule has 16 heavy (non-hydrogen) atoms. The number of anilines is 2. The van der Waals surface area contributed by atoms with Gasteiger partial charge in [-0.05, 0) is 46.3 Å². The molecular weight excluding hydrogens is 355 g/mol. The third-order valence-corrected chi connectivity index (χ3v) is 3.17. The van der Waals surface area contributed by atoms with Gasteiger partial charge in [0.25, 0.3) is 0 Å². The molecule has 0 amide bonds. The van der Waals surface area contributed by atoms with Crippen molar-refractivity contribution in [3.8, 4) is 0 Å². The molecule has 0 radical (unpaired) electrons. The Morgan fingerprint density at radius 2 is 1.94 bits per heavy atom. The molecule has 1 heterocycles. The number of hydrogen-bond acceptors (Lipinski definition) is 2. The van der Waals surface area contributed by atoms with Gasteiger partial charge in [-0.2, -0.15) is 0 Å². The molecule has 1 N–H and O–H groups in total. The molecule has 0 saturated carbocycles. The van der Waals surface area contributed by atoms with Gasteiger partial charge in [0.15, 0.2) is 0 Å². The SMILES string of the molecule is Clc1ccc(Br)cc1Nc1cccc(Br)n1. The van der Waals surface area contributed by atoms with Gasteiger partial charge < -0.3 is 5.32 Å². The lowest BCUT2D eigenvalue weighted by Gasteiger charge is -2.08. The number of nitrogens with zero attached hydrogens (tertiary/aromatic N) is 1. The van der Waals surface area contributed by atoms with Crippen LogP contribution in [0.15, 0.2) is 45.5 Å². The molecular formula is C11H7Br2ClN2. The third kappa shape index (κ3) is 2.97. The highest BCUT2D eigenvalue weighted by molar-refractivity contribution is 9.10. The Bertz CT molecular complexity index is 517. The zero-order valence-electron chi connectivity index (χ0n) is 8.05. The van der Waals surface area contributed by atoms with Crippen LogP contribution in [0.5, 0.6) is 0 Å². The summed E-state index contributed by atoms with van der Waals surface area (Å²) in [5.41, 5.74) is 0.821. The van der Waals surface area contributed by atoms with Crippen LogP contribution in [0.25, 0.3) is 0 Å². The summed E-state index contributed by atoms with van der Waals surface area (Å²) in [6.07, 6.45) is 0. The molecule has 0 aliphatic heterocycles. The summed E-state index contributed by atoms with van der Waals surface area (Å²) in [6.45, 7) is 0. The van der Waals surface area contributed by atoms with Crippen LogP contribution in [0.1, 0.15) is 0 Å². The molecule has 82 valence electrons. The van der Waals surface area contributed by atoms with Gasteiger partial charge in [0.2, 0.25) is 0 Å². The predicted octanol–water partition coefficient (Wildman–Crippen LogP) is 5.00. The van der Waals surface area contributed by atoms with Crippen molar-refractivity contribution in [2.24, 2.45) is 0 Å². The second-order valence-corrected chi connectivity index (χ2v) is 5.23. The molecule has 0 unspecified atom stereocenters. The first-order chi connectivity index (χ1) is 7.65. The normalized spacial score (nSPS) is 10.2. The van der Waals surface area contributed by atoms with Crippen LogP contribution in [-0.4, -0.2) is 4.98 Å². The topological polar surface area (TPSA) is 24.9 Å². The van der Waals surface area contributed by atoms with Gasteiger partial charge in [0.1, 0.15) is 10.4 Å². The standard InChI is InChI=1S/C11H7Br2ClN2/c12-7-4-5-8(14)9(6-7)15-11-3-1-2-10(13)16-11/h1-6H,(H,15,16). The van der Waals surface area contributed by atoms with Crippen molar-refractivity contribution >= 4 is 55.0 Å². The minimum absolute atomic E-state index is 0.657. The molecule has 0 atom stereocenters. The van der Waals surface area contributed by atoms with E-state index in [-0.39, 0.29) is 0 Å². The van der Waals surface area contributed by atoms with Crippen LogP contribution < -0.4 is 5.32 Å². The zero-order valence-corrected chi connectivity index (χ0v) is 12.0. The maximum atomic E-state index is 6.06. The average Bonchev–Trinajstić information content (AvgIpc) is 2.24. The van der Waals surface area contributed by atoms with Crippen LogP contribution in [0.4, 0.5) is 11.5 Å². The highest BCUT2D eigenvalue weighted by Gasteiger charge is 2.02. The van der Waals surface area contributed by atoms with E-state index in [1.54, 1.807) is 0 Å². The molecule has 5 heteroatoms. The van der Waals surface area contributed by atoms with Crippen LogP contribution in [-0.2, 0) is 0 Å². The Morgan fingerprint density at radius 1 is 1.12 bits per heavy atom. The molecule has 0 spiro atoms. The van der Waals surface area contributed by atoms with Gasteiger partial charge in [-0.15, -0.1) is 0 Å². The monoisotopic (exact) mass is 360 g/mol.